The summed E-state index contributed by atoms with van der Waals surface area (Å²) in [5, 5.41) is 0.560. The van der Waals surface area contributed by atoms with E-state index in [9.17, 15) is 14.0 Å². The summed E-state index contributed by atoms with van der Waals surface area (Å²) < 4.78 is 18.5. The Bertz CT molecular complexity index is 993. The maximum absolute atomic E-state index is 13.2. The van der Waals surface area contributed by atoms with Crippen molar-refractivity contribution in [2.45, 2.75) is 26.9 Å². The predicted octanol–water partition coefficient (Wildman–Crippen LogP) is 3.66. The number of rotatable bonds is 3. The third-order valence-corrected chi connectivity index (χ3v) is 4.89. The molecule has 2 aromatic heterocycles. The van der Waals surface area contributed by atoms with Crippen molar-refractivity contribution in [3.05, 3.63) is 62.3 Å². The average Bonchev–Trinajstić information content (AvgIpc) is 2.82. The number of nitrogens with zero attached hydrogens (tertiary/aromatic N) is 1. The van der Waals surface area contributed by atoms with Gasteiger partial charge in [0.25, 0.3) is 5.56 Å². The van der Waals surface area contributed by atoms with E-state index < -0.39 is 17.9 Å². The monoisotopic (exact) mass is 346 g/mol. The Labute approximate surface area is 141 Å². The number of thiophene rings is 1. The van der Waals surface area contributed by atoms with E-state index in [1.165, 1.54) is 29.5 Å². The molecule has 0 aliphatic heterocycles. The Morgan fingerprint density at radius 3 is 2.83 bits per heavy atom. The molecule has 0 saturated heterocycles. The van der Waals surface area contributed by atoms with Crippen LogP contribution >= 0.6 is 11.3 Å². The second kappa shape index (κ2) is 6.16. The van der Waals surface area contributed by atoms with Crippen LogP contribution in [0.3, 0.4) is 0 Å². The van der Waals surface area contributed by atoms with E-state index in [1.54, 1.807) is 6.92 Å². The number of hydrogen-bond acceptors (Lipinski definition) is 5. The first-order valence-electron chi connectivity index (χ1n) is 7.33. The molecule has 1 atom stereocenters. The molecule has 5 nitrogen and oxygen atoms in total. The van der Waals surface area contributed by atoms with Crippen LogP contribution < -0.4 is 5.56 Å². The van der Waals surface area contributed by atoms with Crippen LogP contribution in [0.2, 0.25) is 0 Å². The smallest absolute Gasteiger partial charge is 0.338 e. The number of aromatic amines is 1. The minimum Gasteiger partial charge on any atom is -0.451 e. The van der Waals surface area contributed by atoms with Crippen molar-refractivity contribution in [1.29, 1.82) is 0 Å². The van der Waals surface area contributed by atoms with Crippen LogP contribution in [-0.2, 0) is 4.74 Å². The van der Waals surface area contributed by atoms with Gasteiger partial charge in [-0.3, -0.25) is 4.79 Å². The highest BCUT2D eigenvalue weighted by Gasteiger charge is 2.19. The zero-order chi connectivity index (χ0) is 17.4. The zero-order valence-corrected chi connectivity index (χ0v) is 14.2. The Balaban J connectivity index is 1.90. The first-order chi connectivity index (χ1) is 11.4. The molecule has 0 aliphatic carbocycles. The normalized spacial score (nSPS) is 12.3. The third-order valence-electron chi connectivity index (χ3n) is 3.79. The second-order valence-corrected chi connectivity index (χ2v) is 6.68. The highest BCUT2D eigenvalue weighted by molar-refractivity contribution is 7.18. The highest BCUT2D eigenvalue weighted by atomic mass is 32.1. The topological polar surface area (TPSA) is 72.0 Å². The van der Waals surface area contributed by atoms with Gasteiger partial charge in [-0.05, 0) is 44.5 Å². The first-order valence-corrected chi connectivity index (χ1v) is 8.15. The van der Waals surface area contributed by atoms with E-state index >= 15 is 0 Å². The highest BCUT2D eigenvalue weighted by Crippen LogP contribution is 2.27. The molecule has 1 N–H and O–H groups in total. The van der Waals surface area contributed by atoms with Crippen LogP contribution in [0, 0.1) is 19.7 Å². The molecule has 124 valence electrons. The molecule has 3 aromatic rings. The fourth-order valence-corrected chi connectivity index (χ4v) is 3.40. The second-order valence-electron chi connectivity index (χ2n) is 5.47. The van der Waals surface area contributed by atoms with Gasteiger partial charge >= 0.3 is 5.97 Å². The van der Waals surface area contributed by atoms with Gasteiger partial charge in [-0.1, -0.05) is 6.07 Å². The molecular formula is C17H15FN2O3S. The zero-order valence-electron chi connectivity index (χ0n) is 13.3. The number of aryl methyl sites for hydroxylation is 2. The quantitative estimate of drug-likeness (QED) is 0.735. The van der Waals surface area contributed by atoms with Crippen molar-refractivity contribution in [3.8, 4) is 0 Å². The van der Waals surface area contributed by atoms with Crippen LogP contribution in [0.25, 0.3) is 10.2 Å². The number of nitrogens with one attached hydrogen (secondary N) is 1. The summed E-state index contributed by atoms with van der Waals surface area (Å²) in [6, 6.07) is 5.23. The standard InChI is InChI=1S/C17H15FN2O3S/c1-8-10(3)24-16-13(8)15(21)19-14(20-16)9(2)23-17(22)11-5-4-6-12(18)7-11/h4-7,9H,1-3H3,(H,19,20,21). The molecule has 0 spiro atoms. The Hall–Kier alpha value is -2.54. The van der Waals surface area contributed by atoms with E-state index in [-0.39, 0.29) is 16.9 Å². The molecule has 1 aromatic carbocycles. The van der Waals surface area contributed by atoms with Gasteiger partial charge in [0.1, 0.15) is 10.6 Å². The van der Waals surface area contributed by atoms with Gasteiger partial charge in [-0.25, -0.2) is 14.2 Å². The Morgan fingerprint density at radius 2 is 2.12 bits per heavy atom. The Morgan fingerprint density at radius 1 is 1.38 bits per heavy atom. The number of H-pyrrole nitrogens is 1. The number of halogens is 1. The van der Waals surface area contributed by atoms with Gasteiger partial charge in [-0.15, -0.1) is 11.3 Å². The number of benzene rings is 1. The molecule has 24 heavy (non-hydrogen) atoms. The molecule has 0 amide bonds. The van der Waals surface area contributed by atoms with Gasteiger partial charge in [0.05, 0.1) is 10.9 Å². The first kappa shape index (κ1) is 16.3. The third kappa shape index (κ3) is 2.94. The lowest BCUT2D eigenvalue weighted by molar-refractivity contribution is 0.0319. The maximum atomic E-state index is 13.2. The summed E-state index contributed by atoms with van der Waals surface area (Å²) in [5.41, 5.74) is 0.748. The molecule has 1 unspecified atom stereocenters. The van der Waals surface area contributed by atoms with Crippen LogP contribution in [0.5, 0.6) is 0 Å². The lowest BCUT2D eigenvalue weighted by Gasteiger charge is -2.12. The number of fused-ring (bicyclic) bond motifs is 1. The average molecular weight is 346 g/mol. The molecule has 0 bridgehead atoms. The van der Waals surface area contributed by atoms with Gasteiger partial charge in [-0.2, -0.15) is 0 Å². The van der Waals surface area contributed by atoms with Crippen molar-refractivity contribution in [3.63, 3.8) is 0 Å². The summed E-state index contributed by atoms with van der Waals surface area (Å²) in [7, 11) is 0. The molecular weight excluding hydrogens is 331 g/mol. The van der Waals surface area contributed by atoms with Crippen molar-refractivity contribution >= 4 is 27.5 Å². The largest absolute Gasteiger partial charge is 0.451 e. The molecule has 0 aliphatic rings. The van der Waals surface area contributed by atoms with Crippen molar-refractivity contribution in [1.82, 2.24) is 9.97 Å². The van der Waals surface area contributed by atoms with Gasteiger partial charge < -0.3 is 9.72 Å². The summed E-state index contributed by atoms with van der Waals surface area (Å²) in [4.78, 5) is 33.0. The van der Waals surface area contributed by atoms with Crippen LogP contribution in [0.15, 0.2) is 29.1 Å². The minimum absolute atomic E-state index is 0.105. The van der Waals surface area contributed by atoms with E-state index in [4.69, 9.17) is 4.74 Å². The van der Waals surface area contributed by atoms with Crippen molar-refractivity contribution in [2.75, 3.05) is 0 Å². The summed E-state index contributed by atoms with van der Waals surface area (Å²) in [6.07, 6.45) is -0.763. The number of aromatic nitrogens is 2. The van der Waals surface area contributed by atoms with E-state index in [1.807, 2.05) is 13.8 Å². The Kier molecular flexibility index (Phi) is 4.19. The minimum atomic E-state index is -0.763. The van der Waals surface area contributed by atoms with Gasteiger partial charge in [0.2, 0.25) is 0 Å². The fraction of sp³-hybridized carbons (Fsp3) is 0.235. The summed E-state index contributed by atoms with van der Waals surface area (Å²) in [5.74, 6) is -0.934. The number of carbonyl (C=O) groups excluding carboxylic acids is 1. The number of esters is 1. The lowest BCUT2D eigenvalue weighted by atomic mass is 10.2. The molecule has 0 saturated carbocycles. The van der Waals surface area contributed by atoms with E-state index in [2.05, 4.69) is 9.97 Å². The van der Waals surface area contributed by atoms with Crippen LogP contribution in [-0.4, -0.2) is 15.9 Å². The van der Waals surface area contributed by atoms with Gasteiger partial charge in [0.15, 0.2) is 11.9 Å². The van der Waals surface area contributed by atoms with Crippen LogP contribution in [0.1, 0.15) is 39.7 Å². The summed E-state index contributed by atoms with van der Waals surface area (Å²) in [6.45, 7) is 5.40. The summed E-state index contributed by atoms with van der Waals surface area (Å²) >= 11 is 1.42. The van der Waals surface area contributed by atoms with Crippen molar-refractivity contribution in [2.24, 2.45) is 0 Å². The number of hydrogen-bond donors (Lipinski definition) is 1. The lowest BCUT2D eigenvalue weighted by Crippen LogP contribution is -2.17. The van der Waals surface area contributed by atoms with Gasteiger partial charge in [0, 0.05) is 4.88 Å². The van der Waals surface area contributed by atoms with E-state index in [0.717, 1.165) is 16.5 Å². The molecule has 2 heterocycles. The molecule has 0 radical (unpaired) electrons. The number of carbonyl (C=O) groups is 1. The van der Waals surface area contributed by atoms with Crippen LogP contribution in [0.4, 0.5) is 4.39 Å². The number of ether oxygens (including phenoxy) is 1. The van der Waals surface area contributed by atoms with E-state index in [0.29, 0.717) is 10.2 Å². The maximum Gasteiger partial charge on any atom is 0.338 e. The fourth-order valence-electron chi connectivity index (χ4n) is 2.36. The predicted molar refractivity (Wildman–Crippen MR) is 89.9 cm³/mol. The molecule has 0 fully saturated rings. The molecule has 3 rings (SSSR count). The molecule has 7 heteroatoms. The van der Waals surface area contributed by atoms with Crippen molar-refractivity contribution < 1.29 is 13.9 Å². The SMILES string of the molecule is Cc1sc2nc(C(C)OC(=O)c3cccc(F)c3)[nH]c(=O)c2c1C.